The van der Waals surface area contributed by atoms with Crippen molar-refractivity contribution in [1.29, 1.82) is 0 Å². The van der Waals surface area contributed by atoms with Crippen LogP contribution in [0.25, 0.3) is 0 Å². The summed E-state index contributed by atoms with van der Waals surface area (Å²) in [6, 6.07) is 15.6. The maximum absolute atomic E-state index is 10.0. The molecule has 1 heterocycles. The predicted molar refractivity (Wildman–Crippen MR) is 72.1 cm³/mol. The first-order valence-electron chi connectivity index (χ1n) is 6.14. The lowest BCUT2D eigenvalue weighted by Crippen LogP contribution is -2.25. The molecule has 2 aromatic rings. The smallest absolute Gasteiger partial charge is 0.0914 e. The highest BCUT2D eigenvalue weighted by molar-refractivity contribution is 5.17. The SMILES string of the molecule is CC(NCC(O)c1ccccc1)c1ccccn1. The lowest BCUT2D eigenvalue weighted by Gasteiger charge is -2.17. The summed E-state index contributed by atoms with van der Waals surface area (Å²) in [7, 11) is 0. The quantitative estimate of drug-likeness (QED) is 0.846. The third-order valence-corrected chi connectivity index (χ3v) is 2.93. The van der Waals surface area contributed by atoms with Gasteiger partial charge in [-0.3, -0.25) is 4.98 Å². The van der Waals surface area contributed by atoms with Gasteiger partial charge in [-0.1, -0.05) is 36.4 Å². The number of hydrogen-bond donors (Lipinski definition) is 2. The lowest BCUT2D eigenvalue weighted by molar-refractivity contribution is 0.170. The van der Waals surface area contributed by atoms with E-state index in [4.69, 9.17) is 0 Å². The monoisotopic (exact) mass is 242 g/mol. The fourth-order valence-corrected chi connectivity index (χ4v) is 1.82. The molecular weight excluding hydrogens is 224 g/mol. The molecule has 0 saturated heterocycles. The Hall–Kier alpha value is -1.71. The van der Waals surface area contributed by atoms with Gasteiger partial charge in [0.05, 0.1) is 11.8 Å². The molecule has 0 aliphatic carbocycles. The second kappa shape index (κ2) is 6.28. The zero-order valence-electron chi connectivity index (χ0n) is 10.5. The molecule has 0 aliphatic rings. The summed E-state index contributed by atoms with van der Waals surface area (Å²) in [6.07, 6.45) is 1.29. The molecule has 2 N–H and O–H groups in total. The molecular formula is C15H18N2O. The van der Waals surface area contributed by atoms with Gasteiger partial charge in [-0.05, 0) is 24.6 Å². The van der Waals surface area contributed by atoms with Gasteiger partial charge in [0.2, 0.25) is 0 Å². The molecule has 18 heavy (non-hydrogen) atoms. The zero-order valence-corrected chi connectivity index (χ0v) is 10.5. The molecule has 0 amide bonds. The summed E-state index contributed by atoms with van der Waals surface area (Å²) in [5.41, 5.74) is 1.91. The van der Waals surface area contributed by atoms with Crippen LogP contribution >= 0.6 is 0 Å². The molecule has 0 bridgehead atoms. The van der Waals surface area contributed by atoms with Crippen LogP contribution in [0.2, 0.25) is 0 Å². The molecule has 1 aromatic heterocycles. The number of aliphatic hydroxyl groups is 1. The van der Waals surface area contributed by atoms with Gasteiger partial charge < -0.3 is 10.4 Å². The average molecular weight is 242 g/mol. The normalized spacial score (nSPS) is 14.1. The van der Waals surface area contributed by atoms with E-state index >= 15 is 0 Å². The van der Waals surface area contributed by atoms with E-state index in [1.807, 2.05) is 55.5 Å². The van der Waals surface area contributed by atoms with Gasteiger partial charge in [-0.25, -0.2) is 0 Å². The van der Waals surface area contributed by atoms with Crippen LogP contribution in [0.15, 0.2) is 54.7 Å². The van der Waals surface area contributed by atoms with Gasteiger partial charge in [-0.15, -0.1) is 0 Å². The van der Waals surface area contributed by atoms with E-state index in [1.54, 1.807) is 6.20 Å². The maximum atomic E-state index is 10.0. The molecule has 2 atom stereocenters. The largest absolute Gasteiger partial charge is 0.387 e. The fraction of sp³-hybridized carbons (Fsp3) is 0.267. The summed E-state index contributed by atoms with van der Waals surface area (Å²) in [6.45, 7) is 2.56. The average Bonchev–Trinajstić information content (AvgIpc) is 2.46. The van der Waals surface area contributed by atoms with Gasteiger partial charge in [0, 0.05) is 18.8 Å². The zero-order chi connectivity index (χ0) is 12.8. The van der Waals surface area contributed by atoms with Crippen molar-refractivity contribution >= 4 is 0 Å². The first-order valence-corrected chi connectivity index (χ1v) is 6.14. The van der Waals surface area contributed by atoms with Crippen molar-refractivity contribution < 1.29 is 5.11 Å². The number of nitrogens with one attached hydrogen (secondary N) is 1. The van der Waals surface area contributed by atoms with Crippen molar-refractivity contribution in [1.82, 2.24) is 10.3 Å². The Balaban J connectivity index is 1.89. The van der Waals surface area contributed by atoms with Crippen LogP contribution in [0.4, 0.5) is 0 Å². The molecule has 0 spiro atoms. The van der Waals surface area contributed by atoms with Crippen LogP contribution in [0.3, 0.4) is 0 Å². The second-order valence-electron chi connectivity index (χ2n) is 4.31. The summed E-state index contributed by atoms with van der Waals surface area (Å²) in [5, 5.41) is 13.3. The van der Waals surface area contributed by atoms with Crippen LogP contribution < -0.4 is 5.32 Å². The van der Waals surface area contributed by atoms with E-state index in [-0.39, 0.29) is 6.04 Å². The van der Waals surface area contributed by atoms with E-state index in [9.17, 15) is 5.11 Å². The number of hydrogen-bond acceptors (Lipinski definition) is 3. The molecule has 0 saturated carbocycles. The Labute approximate surface area is 108 Å². The van der Waals surface area contributed by atoms with E-state index in [2.05, 4.69) is 10.3 Å². The summed E-state index contributed by atoms with van der Waals surface area (Å²) < 4.78 is 0. The number of rotatable bonds is 5. The Kier molecular flexibility index (Phi) is 4.45. The van der Waals surface area contributed by atoms with E-state index in [0.29, 0.717) is 6.54 Å². The Morgan fingerprint density at radius 1 is 1.11 bits per heavy atom. The van der Waals surface area contributed by atoms with Gasteiger partial charge >= 0.3 is 0 Å². The Morgan fingerprint density at radius 2 is 1.83 bits per heavy atom. The van der Waals surface area contributed by atoms with Gasteiger partial charge in [0.15, 0.2) is 0 Å². The van der Waals surface area contributed by atoms with Crippen LogP contribution in [0.1, 0.15) is 30.3 Å². The van der Waals surface area contributed by atoms with Crippen molar-refractivity contribution in [2.45, 2.75) is 19.1 Å². The minimum absolute atomic E-state index is 0.129. The molecule has 2 unspecified atom stereocenters. The topological polar surface area (TPSA) is 45.1 Å². The van der Waals surface area contributed by atoms with Gasteiger partial charge in [0.1, 0.15) is 0 Å². The molecule has 94 valence electrons. The highest BCUT2D eigenvalue weighted by atomic mass is 16.3. The van der Waals surface area contributed by atoms with Crippen LogP contribution in [-0.4, -0.2) is 16.6 Å². The minimum Gasteiger partial charge on any atom is -0.387 e. The number of benzene rings is 1. The van der Waals surface area contributed by atoms with Crippen molar-refractivity contribution in [3.05, 3.63) is 66.0 Å². The highest BCUT2D eigenvalue weighted by Crippen LogP contribution is 2.13. The third kappa shape index (κ3) is 3.39. The maximum Gasteiger partial charge on any atom is 0.0914 e. The molecule has 3 heteroatoms. The van der Waals surface area contributed by atoms with Crippen molar-refractivity contribution in [2.75, 3.05) is 6.54 Å². The Morgan fingerprint density at radius 3 is 2.50 bits per heavy atom. The predicted octanol–water partition coefficient (Wildman–Crippen LogP) is 2.47. The van der Waals surface area contributed by atoms with Crippen molar-refractivity contribution in [3.8, 4) is 0 Å². The lowest BCUT2D eigenvalue weighted by atomic mass is 10.1. The van der Waals surface area contributed by atoms with Crippen molar-refractivity contribution in [2.24, 2.45) is 0 Å². The summed E-state index contributed by atoms with van der Waals surface area (Å²) in [5.74, 6) is 0. The number of aliphatic hydroxyl groups excluding tert-OH is 1. The number of pyridine rings is 1. The van der Waals surface area contributed by atoms with Crippen LogP contribution in [0, 0.1) is 0 Å². The molecule has 0 aliphatic heterocycles. The van der Waals surface area contributed by atoms with Crippen molar-refractivity contribution in [3.63, 3.8) is 0 Å². The van der Waals surface area contributed by atoms with E-state index in [0.717, 1.165) is 11.3 Å². The fourth-order valence-electron chi connectivity index (χ4n) is 1.82. The van der Waals surface area contributed by atoms with Gasteiger partial charge in [-0.2, -0.15) is 0 Å². The minimum atomic E-state index is -0.489. The molecule has 0 radical (unpaired) electrons. The van der Waals surface area contributed by atoms with E-state index < -0.39 is 6.10 Å². The third-order valence-electron chi connectivity index (χ3n) is 2.93. The van der Waals surface area contributed by atoms with Gasteiger partial charge in [0.25, 0.3) is 0 Å². The molecule has 2 rings (SSSR count). The van der Waals surface area contributed by atoms with E-state index in [1.165, 1.54) is 0 Å². The summed E-state index contributed by atoms with van der Waals surface area (Å²) >= 11 is 0. The number of aromatic nitrogens is 1. The molecule has 1 aromatic carbocycles. The van der Waals surface area contributed by atoms with Crippen LogP contribution in [0.5, 0.6) is 0 Å². The number of nitrogens with zero attached hydrogens (tertiary/aromatic N) is 1. The summed E-state index contributed by atoms with van der Waals surface area (Å²) in [4.78, 5) is 4.29. The molecule has 0 fully saturated rings. The highest BCUT2D eigenvalue weighted by Gasteiger charge is 2.10. The van der Waals surface area contributed by atoms with Crippen LogP contribution in [-0.2, 0) is 0 Å². The Bertz CT molecular complexity index is 413. The molecule has 3 nitrogen and oxygen atoms in total. The second-order valence-corrected chi connectivity index (χ2v) is 4.31. The first-order chi connectivity index (χ1) is 8.77. The first kappa shape index (κ1) is 12.7. The standard InChI is InChI=1S/C15H18N2O/c1-12(14-9-5-6-10-16-14)17-11-15(18)13-7-3-2-4-8-13/h2-10,12,15,17-18H,11H2,1H3.